The summed E-state index contributed by atoms with van der Waals surface area (Å²) in [7, 11) is 0. The molecule has 0 heterocycles. The van der Waals surface area contributed by atoms with Gasteiger partial charge in [0.1, 0.15) is 0 Å². The molecule has 0 aliphatic heterocycles. The van der Waals surface area contributed by atoms with Gasteiger partial charge >= 0.3 is 127 Å². The van der Waals surface area contributed by atoms with Gasteiger partial charge in [-0.1, -0.05) is 65.2 Å². The van der Waals surface area contributed by atoms with Crippen molar-refractivity contribution in [3.05, 3.63) is 0 Å². The fraction of sp³-hybridized carbons (Fsp3) is 0.968. The van der Waals surface area contributed by atoms with Gasteiger partial charge in [-0.25, -0.2) is 4.79 Å². The Kier molecular flexibility index (Phi) is 39.4. The molecule has 4 nitrogen and oxygen atoms in total. The Morgan fingerprint density at radius 1 is 0.472 bits per heavy atom. The molecule has 0 N–H and O–H groups in total. The van der Waals surface area contributed by atoms with E-state index in [4.69, 9.17) is 9.62 Å². The Hall–Kier alpha value is 0.0287. The third-order valence-electron chi connectivity index (χ3n) is 6.34. The van der Waals surface area contributed by atoms with Crippen molar-refractivity contribution in [3.63, 3.8) is 0 Å². The van der Waals surface area contributed by atoms with Gasteiger partial charge in [0.15, 0.2) is 0 Å². The monoisotopic (exact) mass is 620 g/mol. The fourth-order valence-corrected chi connectivity index (χ4v) is 7.49. The minimum absolute atomic E-state index is 0.0736. The van der Waals surface area contributed by atoms with E-state index in [1.807, 2.05) is 0 Å². The number of carbonyl (C=O) groups is 1. The molecule has 0 aromatic heterocycles. The van der Waals surface area contributed by atoms with Crippen LogP contribution in [0.4, 0.5) is 4.79 Å². The molecule has 0 amide bonds. The van der Waals surface area contributed by atoms with E-state index in [1.165, 1.54) is 103 Å². The molecule has 0 fully saturated rings. The van der Waals surface area contributed by atoms with Crippen LogP contribution in [0.5, 0.6) is 0 Å². The molecule has 0 saturated carbocycles. The molecule has 0 saturated heterocycles. The molecule has 0 rings (SSSR count). The number of hydrogen-bond donors (Lipinski definition) is 0. The quantitative estimate of drug-likeness (QED) is 0.0302. The van der Waals surface area contributed by atoms with Crippen molar-refractivity contribution in [1.82, 2.24) is 0 Å². The third kappa shape index (κ3) is 38.6. The molecule has 0 unspecified atom stereocenters. The van der Waals surface area contributed by atoms with Crippen LogP contribution >= 0.6 is 0 Å². The van der Waals surface area contributed by atoms with Crippen molar-refractivity contribution in [3.8, 4) is 0 Å². The van der Waals surface area contributed by atoms with Gasteiger partial charge in [0.05, 0.1) is 13.2 Å². The van der Waals surface area contributed by atoms with E-state index >= 15 is 0 Å². The summed E-state index contributed by atoms with van der Waals surface area (Å²) in [5, 5.41) is 0. The number of hydrogen-bond acceptors (Lipinski definition) is 4. The van der Waals surface area contributed by atoms with Crippen molar-refractivity contribution in [2.24, 2.45) is 0 Å². The molecular weight excluding hydrogens is 555 g/mol. The first-order valence-electron chi connectivity index (χ1n) is 15.9. The molecule has 5 heteroatoms. The predicted octanol–water partition coefficient (Wildman–Crippen LogP) is 11.3. The van der Waals surface area contributed by atoms with E-state index in [-0.39, 0.29) is 21.1 Å². The summed E-state index contributed by atoms with van der Waals surface area (Å²) in [6.45, 7) is 9.83. The summed E-state index contributed by atoms with van der Waals surface area (Å²) in [5.74, 6) is 0. The number of carbonyl (C=O) groups excluding carboxylic acids is 1. The second-order valence-electron chi connectivity index (χ2n) is 10.1. The van der Waals surface area contributed by atoms with E-state index in [1.54, 1.807) is 21.7 Å². The predicted molar refractivity (Wildman–Crippen MR) is 158 cm³/mol. The van der Waals surface area contributed by atoms with Crippen molar-refractivity contribution in [1.29, 1.82) is 0 Å². The van der Waals surface area contributed by atoms with Gasteiger partial charge in [0, 0.05) is 0 Å². The Labute approximate surface area is 236 Å². The molecule has 36 heavy (non-hydrogen) atoms. The molecule has 0 aromatic carbocycles. The van der Waals surface area contributed by atoms with Crippen LogP contribution in [0, 0.1) is 0 Å². The first kappa shape index (κ1) is 38.2. The molecule has 0 aliphatic rings. The molecule has 0 spiro atoms. The number of rotatable bonds is 27. The van der Waals surface area contributed by atoms with Crippen LogP contribution in [0.25, 0.3) is 0 Å². The Bertz CT molecular complexity index is 379. The van der Waals surface area contributed by atoms with Crippen molar-refractivity contribution in [2.45, 2.75) is 178 Å². The van der Waals surface area contributed by atoms with E-state index in [0.717, 1.165) is 25.7 Å². The van der Waals surface area contributed by atoms with Gasteiger partial charge in [-0.05, 0) is 12.8 Å². The maximum atomic E-state index is 11.1. The summed E-state index contributed by atoms with van der Waals surface area (Å²) in [6, 6.07) is 0. The summed E-state index contributed by atoms with van der Waals surface area (Å²) >= 11 is 0.0736. The van der Waals surface area contributed by atoms with Crippen LogP contribution in [-0.4, -0.2) is 40.5 Å². The Morgan fingerprint density at radius 3 is 1.28 bits per heavy atom. The molecule has 0 bridgehead atoms. The molecule has 2 radical (unpaired) electrons. The molecule has 216 valence electrons. The Balaban J connectivity index is 0. The van der Waals surface area contributed by atoms with Crippen molar-refractivity contribution >= 4 is 27.3 Å². The first-order chi connectivity index (χ1) is 17.7. The normalized spacial score (nSPS) is 10.7. The van der Waals surface area contributed by atoms with Gasteiger partial charge in [0.2, 0.25) is 0 Å². The zero-order valence-electron chi connectivity index (χ0n) is 25.0. The van der Waals surface area contributed by atoms with Gasteiger partial charge in [-0.3, -0.25) is 4.89 Å². The second kappa shape index (κ2) is 37.2. The molecule has 0 aliphatic carbocycles. The first-order valence-corrected chi connectivity index (χ1v) is 19.9. The van der Waals surface area contributed by atoms with E-state index in [2.05, 4.69) is 32.6 Å². The van der Waals surface area contributed by atoms with E-state index < -0.39 is 6.16 Å². The van der Waals surface area contributed by atoms with E-state index in [9.17, 15) is 4.79 Å². The third-order valence-corrected chi connectivity index (χ3v) is 10.4. The van der Waals surface area contributed by atoms with Crippen LogP contribution in [0.2, 0.25) is 8.87 Å². The van der Waals surface area contributed by atoms with Crippen molar-refractivity contribution in [2.75, 3.05) is 13.2 Å². The topological polar surface area (TPSA) is 44.8 Å². The number of ether oxygens (including phenoxy) is 1. The summed E-state index contributed by atoms with van der Waals surface area (Å²) in [4.78, 5) is 20.4. The van der Waals surface area contributed by atoms with Gasteiger partial charge in [-0.2, -0.15) is 4.89 Å². The van der Waals surface area contributed by atoms with Gasteiger partial charge < -0.3 is 4.74 Å². The summed E-state index contributed by atoms with van der Waals surface area (Å²) < 4.78 is 8.20. The summed E-state index contributed by atoms with van der Waals surface area (Å²) in [6.07, 6.45) is 28.5. The minimum atomic E-state index is -0.718. The average Bonchev–Trinajstić information content (AvgIpc) is 2.89. The summed E-state index contributed by atoms with van der Waals surface area (Å²) in [5.41, 5.74) is 0. The van der Waals surface area contributed by atoms with Crippen LogP contribution < -0.4 is 0 Å². The van der Waals surface area contributed by atoms with Gasteiger partial charge in [-0.15, -0.1) is 0 Å². The van der Waals surface area contributed by atoms with E-state index in [0.29, 0.717) is 13.2 Å². The maximum absolute atomic E-state index is 11.1. The number of unbranched alkanes of at least 4 members (excludes halogenated alkanes) is 18. The van der Waals surface area contributed by atoms with Crippen molar-refractivity contribution < 1.29 is 19.3 Å². The fourth-order valence-electron chi connectivity index (χ4n) is 3.93. The van der Waals surface area contributed by atoms with Gasteiger partial charge in [0.25, 0.3) is 0 Å². The Morgan fingerprint density at radius 2 is 0.833 bits per heavy atom. The van der Waals surface area contributed by atoms with Crippen LogP contribution in [0.15, 0.2) is 0 Å². The van der Waals surface area contributed by atoms with Crippen LogP contribution in [-0.2, 0) is 14.5 Å². The molecular formula is C31H64O4Sn. The molecule has 0 aromatic rings. The van der Waals surface area contributed by atoms with Crippen LogP contribution in [0.1, 0.15) is 169 Å². The molecule has 0 atom stereocenters. The van der Waals surface area contributed by atoms with Crippen LogP contribution in [0.3, 0.4) is 0 Å². The SMILES string of the molecule is CCCCCCCOOC(=O)OCCCCCCC.CCCCCCC[CH2][Sn][CH2]CCCCCCC. The second-order valence-corrected chi connectivity index (χ2v) is 14.4. The zero-order valence-corrected chi connectivity index (χ0v) is 27.9. The average molecular weight is 620 g/mol. The standard InChI is InChI=1S/C15H30O4.2C8H17.Sn/c1-3-5-7-9-11-13-17-15(16)19-18-14-12-10-8-6-4-2;2*1-3-5-7-8-6-4-2;/h3-14H2,1-2H3;2*1,3-8H2,2H3;. The zero-order chi connectivity index (χ0) is 26.8.